The first kappa shape index (κ1) is 16.7. The Kier molecular flexibility index (Phi) is 5.60. The maximum absolute atomic E-state index is 11.8. The third-order valence-electron chi connectivity index (χ3n) is 1.69. The molecule has 3 N–H and O–H groups in total. The first-order valence-corrected chi connectivity index (χ1v) is 5.83. The molecule has 106 valence electrons. The molecule has 2 amide bonds. The van der Waals surface area contributed by atoms with E-state index in [1.54, 1.807) is 20.8 Å². The number of esters is 1. The van der Waals surface area contributed by atoms with Crippen molar-refractivity contribution in [3.05, 3.63) is 0 Å². The Labute approximate surface area is 108 Å². The van der Waals surface area contributed by atoms with Gasteiger partial charge in [0.2, 0.25) is 0 Å². The minimum atomic E-state index is -0.902. The van der Waals surface area contributed by atoms with Crippen molar-refractivity contribution in [1.29, 1.82) is 0 Å². The Balaban J connectivity index is 4.57. The number of nitrogens with one attached hydrogen (secondary N) is 1. The summed E-state index contributed by atoms with van der Waals surface area (Å²) in [6, 6.07) is -1.69. The third kappa shape index (κ3) is 8.81. The summed E-state index contributed by atoms with van der Waals surface area (Å²) in [7, 11) is 0. The van der Waals surface area contributed by atoms with E-state index in [0.29, 0.717) is 0 Å². The van der Waals surface area contributed by atoms with Crippen molar-refractivity contribution in [2.24, 2.45) is 5.73 Å². The van der Waals surface area contributed by atoms with Gasteiger partial charge >= 0.3 is 12.0 Å². The van der Waals surface area contributed by atoms with Crippen LogP contribution in [0.2, 0.25) is 0 Å². The third-order valence-corrected chi connectivity index (χ3v) is 1.69. The summed E-state index contributed by atoms with van der Waals surface area (Å²) in [4.78, 5) is 22.7. The van der Waals surface area contributed by atoms with Crippen molar-refractivity contribution in [2.75, 3.05) is 6.61 Å². The molecule has 0 aliphatic heterocycles. The molecule has 0 saturated heterocycles. The van der Waals surface area contributed by atoms with E-state index in [2.05, 4.69) is 5.32 Å². The van der Waals surface area contributed by atoms with E-state index < -0.39 is 29.2 Å². The highest BCUT2D eigenvalue weighted by Gasteiger charge is 2.27. The highest BCUT2D eigenvalue weighted by molar-refractivity contribution is 5.83. The van der Waals surface area contributed by atoms with Crippen molar-refractivity contribution >= 4 is 12.0 Å². The lowest BCUT2D eigenvalue weighted by Crippen LogP contribution is -2.49. The largest absolute Gasteiger partial charge is 0.458 e. The van der Waals surface area contributed by atoms with Crippen LogP contribution in [0.1, 0.15) is 41.5 Å². The zero-order valence-corrected chi connectivity index (χ0v) is 12.0. The molecule has 0 heterocycles. The average Bonchev–Trinajstić information content (AvgIpc) is 2.06. The summed E-state index contributed by atoms with van der Waals surface area (Å²) in [6.45, 7) is 10.8. The summed E-state index contributed by atoms with van der Waals surface area (Å²) < 4.78 is 10.6. The van der Waals surface area contributed by atoms with E-state index in [-0.39, 0.29) is 6.61 Å². The van der Waals surface area contributed by atoms with Crippen LogP contribution < -0.4 is 11.1 Å². The van der Waals surface area contributed by atoms with Gasteiger partial charge in [-0.1, -0.05) is 0 Å². The van der Waals surface area contributed by atoms with E-state index >= 15 is 0 Å². The number of ether oxygens (including phenoxy) is 2. The van der Waals surface area contributed by atoms with Crippen LogP contribution in [0.3, 0.4) is 0 Å². The predicted molar refractivity (Wildman–Crippen MR) is 68.1 cm³/mol. The van der Waals surface area contributed by atoms with Crippen molar-refractivity contribution < 1.29 is 19.1 Å². The van der Waals surface area contributed by atoms with E-state index in [4.69, 9.17) is 15.2 Å². The lowest BCUT2D eigenvalue weighted by molar-refractivity contribution is -0.160. The van der Waals surface area contributed by atoms with Gasteiger partial charge in [0.05, 0.1) is 12.2 Å². The van der Waals surface area contributed by atoms with Crippen LogP contribution in [0.5, 0.6) is 0 Å². The number of carbonyl (C=O) groups excluding carboxylic acids is 2. The van der Waals surface area contributed by atoms with Gasteiger partial charge < -0.3 is 20.5 Å². The number of hydrogen-bond acceptors (Lipinski definition) is 4. The Morgan fingerprint density at radius 2 is 1.61 bits per heavy atom. The SMILES string of the molecule is CC(C)(C)OC[C@H](NC(N)=O)C(=O)OC(C)(C)C. The molecule has 0 radical (unpaired) electrons. The second-order valence-corrected chi connectivity index (χ2v) is 6.02. The molecule has 0 bridgehead atoms. The molecule has 0 rings (SSSR count). The molecule has 0 aliphatic rings. The predicted octanol–water partition coefficient (Wildman–Crippen LogP) is 1.18. The van der Waals surface area contributed by atoms with E-state index in [1.165, 1.54) is 0 Å². The van der Waals surface area contributed by atoms with Crippen LogP contribution in [0.15, 0.2) is 0 Å². The molecule has 6 heteroatoms. The number of urea groups is 1. The minimum absolute atomic E-state index is 0.0152. The molecule has 0 unspecified atom stereocenters. The lowest BCUT2D eigenvalue weighted by Gasteiger charge is -2.26. The molecule has 0 fully saturated rings. The van der Waals surface area contributed by atoms with Crippen molar-refractivity contribution in [2.45, 2.75) is 58.8 Å². The van der Waals surface area contributed by atoms with Gasteiger partial charge in [-0.25, -0.2) is 9.59 Å². The van der Waals surface area contributed by atoms with Crippen LogP contribution in [0, 0.1) is 0 Å². The number of rotatable bonds is 4. The zero-order chi connectivity index (χ0) is 14.6. The maximum Gasteiger partial charge on any atom is 0.331 e. The minimum Gasteiger partial charge on any atom is -0.458 e. The maximum atomic E-state index is 11.8. The van der Waals surface area contributed by atoms with Gasteiger partial charge in [0.1, 0.15) is 5.60 Å². The summed E-state index contributed by atoms with van der Waals surface area (Å²) in [5.74, 6) is -0.564. The first-order valence-electron chi connectivity index (χ1n) is 5.83. The van der Waals surface area contributed by atoms with Crippen molar-refractivity contribution in [1.82, 2.24) is 5.32 Å². The van der Waals surface area contributed by atoms with E-state index in [1.807, 2.05) is 20.8 Å². The number of amides is 2. The average molecular weight is 260 g/mol. The standard InChI is InChI=1S/C12H24N2O4/c1-11(2,3)17-7-8(14-10(13)16)9(15)18-12(4,5)6/h8H,7H2,1-6H3,(H3,13,14,16)/t8-/m0/s1. The summed E-state index contributed by atoms with van der Waals surface area (Å²) >= 11 is 0. The van der Waals surface area contributed by atoms with Gasteiger partial charge in [0.25, 0.3) is 0 Å². The van der Waals surface area contributed by atoms with Crippen molar-refractivity contribution in [3.63, 3.8) is 0 Å². The second kappa shape index (κ2) is 6.04. The molecule has 0 aromatic carbocycles. The fourth-order valence-corrected chi connectivity index (χ4v) is 1.05. The molecule has 0 aliphatic carbocycles. The van der Waals surface area contributed by atoms with E-state index in [9.17, 15) is 9.59 Å². The number of primary amides is 1. The fraction of sp³-hybridized carbons (Fsp3) is 0.833. The molecular weight excluding hydrogens is 236 g/mol. The Morgan fingerprint density at radius 1 is 1.11 bits per heavy atom. The summed E-state index contributed by atoms with van der Waals surface area (Å²) in [6.07, 6.45) is 0. The van der Waals surface area contributed by atoms with Crippen LogP contribution in [0.25, 0.3) is 0 Å². The quantitative estimate of drug-likeness (QED) is 0.743. The molecule has 0 spiro atoms. The molecule has 6 nitrogen and oxygen atoms in total. The molecule has 0 saturated carbocycles. The van der Waals surface area contributed by atoms with Gasteiger partial charge in [0.15, 0.2) is 6.04 Å². The zero-order valence-electron chi connectivity index (χ0n) is 12.0. The molecular formula is C12H24N2O4. The summed E-state index contributed by atoms with van der Waals surface area (Å²) in [5.41, 5.74) is 3.98. The Hall–Kier alpha value is -1.30. The van der Waals surface area contributed by atoms with Crippen LogP contribution in [-0.4, -0.2) is 35.9 Å². The van der Waals surface area contributed by atoms with Crippen LogP contribution >= 0.6 is 0 Å². The fourth-order valence-electron chi connectivity index (χ4n) is 1.05. The van der Waals surface area contributed by atoms with Gasteiger partial charge in [0, 0.05) is 0 Å². The molecule has 0 aromatic rings. The Bertz CT molecular complexity index is 302. The number of carbonyl (C=O) groups is 2. The molecule has 0 aromatic heterocycles. The molecule has 18 heavy (non-hydrogen) atoms. The molecule has 1 atom stereocenters. The lowest BCUT2D eigenvalue weighted by atomic mass is 10.1. The first-order chi connectivity index (χ1) is 7.91. The van der Waals surface area contributed by atoms with Gasteiger partial charge in [-0.15, -0.1) is 0 Å². The smallest absolute Gasteiger partial charge is 0.331 e. The Morgan fingerprint density at radius 3 is 1.94 bits per heavy atom. The summed E-state index contributed by atoms with van der Waals surface area (Å²) in [5, 5.41) is 2.31. The van der Waals surface area contributed by atoms with Gasteiger partial charge in [-0.05, 0) is 41.5 Å². The monoisotopic (exact) mass is 260 g/mol. The van der Waals surface area contributed by atoms with Crippen LogP contribution in [-0.2, 0) is 14.3 Å². The van der Waals surface area contributed by atoms with Crippen LogP contribution in [0.4, 0.5) is 4.79 Å². The topological polar surface area (TPSA) is 90.6 Å². The number of nitrogens with two attached hydrogens (primary N) is 1. The highest BCUT2D eigenvalue weighted by atomic mass is 16.6. The van der Waals surface area contributed by atoms with Crippen molar-refractivity contribution in [3.8, 4) is 0 Å². The van der Waals surface area contributed by atoms with E-state index in [0.717, 1.165) is 0 Å². The number of hydrogen-bond donors (Lipinski definition) is 2. The normalized spacial score (nSPS) is 13.9. The van der Waals surface area contributed by atoms with Gasteiger partial charge in [-0.3, -0.25) is 0 Å². The highest BCUT2D eigenvalue weighted by Crippen LogP contribution is 2.11. The van der Waals surface area contributed by atoms with Gasteiger partial charge in [-0.2, -0.15) is 0 Å². The second-order valence-electron chi connectivity index (χ2n) is 6.02.